The Kier molecular flexibility index (Phi) is 5.06. The van der Waals surface area contributed by atoms with Crippen molar-refractivity contribution < 1.29 is 13.6 Å². The van der Waals surface area contributed by atoms with E-state index >= 15 is 0 Å². The molecule has 0 saturated heterocycles. The van der Waals surface area contributed by atoms with Crippen molar-refractivity contribution in [1.29, 1.82) is 5.26 Å². The number of fused-ring (bicyclic) bond motifs is 1. The van der Waals surface area contributed by atoms with Gasteiger partial charge in [0.15, 0.2) is 0 Å². The Labute approximate surface area is 152 Å². The summed E-state index contributed by atoms with van der Waals surface area (Å²) in [5.74, 6) is -1.61. The molecular weight excluding hydrogens is 364 g/mol. The number of benzene rings is 1. The second kappa shape index (κ2) is 7.25. The minimum absolute atomic E-state index is 0.154. The molecule has 4 nitrogen and oxygen atoms in total. The van der Waals surface area contributed by atoms with Gasteiger partial charge in [0, 0.05) is 6.07 Å². The Balaban J connectivity index is 1.87. The molecule has 1 heterocycles. The Bertz CT molecular complexity index is 950. The number of nitrogens with zero attached hydrogens (tertiary/aromatic N) is 1. The summed E-state index contributed by atoms with van der Waals surface area (Å²) in [5.41, 5.74) is 2.15. The summed E-state index contributed by atoms with van der Waals surface area (Å²) in [7, 11) is 0. The molecule has 128 valence electrons. The minimum Gasteiger partial charge on any atom is -0.305 e. The van der Waals surface area contributed by atoms with Crippen molar-refractivity contribution in [1.82, 2.24) is 0 Å². The van der Waals surface area contributed by atoms with Gasteiger partial charge in [0.05, 0.1) is 15.1 Å². The quantitative estimate of drug-likeness (QED) is 0.711. The largest absolute Gasteiger partial charge is 0.324 e. The fourth-order valence-corrected chi connectivity index (χ4v) is 4.23. The number of nitriles is 1. The first kappa shape index (κ1) is 17.5. The number of carbonyl (C=O) groups excluding carboxylic acids is 1. The van der Waals surface area contributed by atoms with E-state index in [9.17, 15) is 18.8 Å². The van der Waals surface area contributed by atoms with E-state index in [1.807, 2.05) is 0 Å². The first-order chi connectivity index (χ1) is 12.0. The minimum atomic E-state index is -0.881. The van der Waals surface area contributed by atoms with Crippen LogP contribution < -0.4 is 10.6 Å². The topological polar surface area (TPSA) is 64.9 Å². The van der Waals surface area contributed by atoms with Crippen LogP contribution in [0.3, 0.4) is 0 Å². The van der Waals surface area contributed by atoms with Gasteiger partial charge in [0.25, 0.3) is 0 Å². The van der Waals surface area contributed by atoms with Gasteiger partial charge in [0.2, 0.25) is 0 Å². The lowest BCUT2D eigenvalue weighted by Gasteiger charge is -2.19. The van der Waals surface area contributed by atoms with Crippen LogP contribution in [0.5, 0.6) is 0 Å². The van der Waals surface area contributed by atoms with E-state index in [-0.39, 0.29) is 5.69 Å². The molecule has 0 atom stereocenters. The highest BCUT2D eigenvalue weighted by Crippen LogP contribution is 2.34. The number of urea groups is 1. The van der Waals surface area contributed by atoms with Crippen LogP contribution >= 0.6 is 23.6 Å². The molecule has 0 fully saturated rings. The van der Waals surface area contributed by atoms with Gasteiger partial charge in [-0.1, -0.05) is 12.2 Å². The Morgan fingerprint density at radius 3 is 2.60 bits per heavy atom. The van der Waals surface area contributed by atoms with Crippen molar-refractivity contribution in [3.05, 3.63) is 50.3 Å². The van der Waals surface area contributed by atoms with Crippen LogP contribution in [0.2, 0.25) is 0 Å². The van der Waals surface area contributed by atoms with E-state index in [2.05, 4.69) is 16.7 Å². The molecule has 2 aromatic rings. The molecule has 8 heteroatoms. The van der Waals surface area contributed by atoms with Crippen LogP contribution in [-0.4, -0.2) is 6.03 Å². The third-order valence-corrected chi connectivity index (χ3v) is 5.39. The van der Waals surface area contributed by atoms with Gasteiger partial charge in [0.1, 0.15) is 22.7 Å². The molecule has 0 bridgehead atoms. The summed E-state index contributed by atoms with van der Waals surface area (Å²) in [6.07, 6.45) is 3.59. The van der Waals surface area contributed by atoms with Crippen LogP contribution in [-0.2, 0) is 12.8 Å². The molecule has 2 amide bonds. The molecule has 0 radical (unpaired) electrons. The molecule has 3 rings (SSSR count). The Morgan fingerprint density at radius 2 is 1.92 bits per heavy atom. The average molecular weight is 377 g/mol. The maximum Gasteiger partial charge on any atom is 0.324 e. The molecule has 2 N–H and O–H groups in total. The standard InChI is InChI=1S/C17H13F2N3OS2/c18-9-5-6-14(13(19)7-9)21-17(23)22-15-12(8-20)10-3-1-2-4-11(10)16(24)25-15/h5-7H,1-4H2,(H2,21,22,23). The number of anilines is 2. The third-order valence-electron chi connectivity index (χ3n) is 3.96. The van der Waals surface area contributed by atoms with E-state index in [1.165, 1.54) is 0 Å². The number of hydrogen-bond acceptors (Lipinski definition) is 4. The summed E-state index contributed by atoms with van der Waals surface area (Å²) in [6.45, 7) is 0. The first-order valence-corrected chi connectivity index (χ1v) is 8.84. The highest BCUT2D eigenvalue weighted by Gasteiger charge is 2.20. The fraction of sp³-hybridized carbons (Fsp3) is 0.235. The predicted molar refractivity (Wildman–Crippen MR) is 95.5 cm³/mol. The SMILES string of the molecule is N#Cc1c(NC(=O)Nc2ccc(F)cc2F)sc(=S)c2c1CCCC2. The van der Waals surface area contributed by atoms with E-state index in [0.717, 1.165) is 60.3 Å². The lowest BCUT2D eigenvalue weighted by Crippen LogP contribution is -2.21. The Hall–Kier alpha value is -2.37. The number of amides is 2. The second-order valence-electron chi connectivity index (χ2n) is 5.57. The van der Waals surface area contributed by atoms with Gasteiger partial charge >= 0.3 is 6.03 Å². The normalized spacial score (nSPS) is 12.8. The van der Waals surface area contributed by atoms with Gasteiger partial charge in [-0.15, -0.1) is 11.3 Å². The maximum absolute atomic E-state index is 13.6. The van der Waals surface area contributed by atoms with E-state index < -0.39 is 17.7 Å². The van der Waals surface area contributed by atoms with Crippen LogP contribution in [0, 0.1) is 26.8 Å². The van der Waals surface area contributed by atoms with Gasteiger partial charge in [-0.25, -0.2) is 13.6 Å². The summed E-state index contributed by atoms with van der Waals surface area (Å²) in [6, 6.07) is 4.27. The maximum atomic E-state index is 13.6. The zero-order valence-electron chi connectivity index (χ0n) is 13.0. The number of hydrogen-bond donors (Lipinski definition) is 2. The first-order valence-electron chi connectivity index (χ1n) is 7.61. The van der Waals surface area contributed by atoms with Gasteiger partial charge in [-0.3, -0.25) is 5.32 Å². The summed E-state index contributed by atoms with van der Waals surface area (Å²) in [5, 5.41) is 14.7. The number of rotatable bonds is 2. The molecule has 1 aromatic heterocycles. The van der Waals surface area contributed by atoms with Crippen LogP contribution in [0.1, 0.15) is 29.5 Å². The third kappa shape index (κ3) is 3.67. The van der Waals surface area contributed by atoms with Crippen molar-refractivity contribution >= 4 is 40.3 Å². The monoisotopic (exact) mass is 377 g/mol. The molecule has 0 saturated carbocycles. The van der Waals surface area contributed by atoms with Gasteiger partial charge in [-0.05, 0) is 48.9 Å². The van der Waals surface area contributed by atoms with E-state index in [0.29, 0.717) is 20.5 Å². The molecule has 1 aliphatic carbocycles. The van der Waals surface area contributed by atoms with Crippen LogP contribution in [0.4, 0.5) is 24.3 Å². The molecule has 0 spiro atoms. The summed E-state index contributed by atoms with van der Waals surface area (Å²) in [4.78, 5) is 12.1. The fourth-order valence-electron chi connectivity index (χ4n) is 2.80. The lowest BCUT2D eigenvalue weighted by atomic mass is 9.91. The predicted octanol–water partition coefficient (Wildman–Crippen LogP) is 5.15. The summed E-state index contributed by atoms with van der Waals surface area (Å²) < 4.78 is 27.2. The smallest absolute Gasteiger partial charge is 0.305 e. The second-order valence-corrected chi connectivity index (χ2v) is 7.26. The van der Waals surface area contributed by atoms with E-state index in [4.69, 9.17) is 12.2 Å². The van der Waals surface area contributed by atoms with Crippen molar-refractivity contribution in [2.45, 2.75) is 25.7 Å². The molecule has 1 aromatic carbocycles. The highest BCUT2D eigenvalue weighted by atomic mass is 32.1. The van der Waals surface area contributed by atoms with Crippen LogP contribution in [0.15, 0.2) is 18.2 Å². The molecule has 0 unspecified atom stereocenters. The molecule has 1 aliphatic rings. The molecular formula is C17H13F2N3OS2. The molecule has 25 heavy (non-hydrogen) atoms. The summed E-state index contributed by atoms with van der Waals surface area (Å²) >= 11 is 6.54. The number of carbonyl (C=O) groups is 1. The lowest BCUT2D eigenvalue weighted by molar-refractivity contribution is 0.262. The van der Waals surface area contributed by atoms with Crippen molar-refractivity contribution in [3.63, 3.8) is 0 Å². The zero-order chi connectivity index (χ0) is 18.0. The van der Waals surface area contributed by atoms with Crippen molar-refractivity contribution in [3.8, 4) is 6.07 Å². The van der Waals surface area contributed by atoms with Gasteiger partial charge < -0.3 is 5.32 Å². The average Bonchev–Trinajstić information content (AvgIpc) is 2.58. The number of halogens is 2. The Morgan fingerprint density at radius 1 is 1.20 bits per heavy atom. The van der Waals surface area contributed by atoms with Gasteiger partial charge in [-0.2, -0.15) is 5.26 Å². The van der Waals surface area contributed by atoms with Crippen LogP contribution in [0.25, 0.3) is 0 Å². The zero-order valence-corrected chi connectivity index (χ0v) is 14.6. The molecule has 0 aliphatic heterocycles. The van der Waals surface area contributed by atoms with E-state index in [1.54, 1.807) is 0 Å². The highest BCUT2D eigenvalue weighted by molar-refractivity contribution is 7.73. The van der Waals surface area contributed by atoms with Crippen molar-refractivity contribution in [2.75, 3.05) is 10.6 Å². The van der Waals surface area contributed by atoms with Crippen molar-refractivity contribution in [2.24, 2.45) is 0 Å². The number of nitrogens with one attached hydrogen (secondary N) is 2.